The lowest BCUT2D eigenvalue weighted by Crippen LogP contribution is -2.33. The fraction of sp³-hybridized carbons (Fsp3) is 0.706. The van der Waals surface area contributed by atoms with Crippen LogP contribution in [0.5, 0.6) is 0 Å². The number of carbonyl (C=O) groups is 1. The van der Waals surface area contributed by atoms with Crippen LogP contribution in [-0.4, -0.2) is 59.9 Å². The Morgan fingerprint density at radius 3 is 2.73 bits per heavy atom. The molecule has 22 heavy (non-hydrogen) atoms. The lowest BCUT2D eigenvalue weighted by molar-refractivity contribution is -0.118. The summed E-state index contributed by atoms with van der Waals surface area (Å²) >= 11 is 0. The first-order chi connectivity index (χ1) is 10.6. The number of rotatable bonds is 5. The van der Waals surface area contributed by atoms with Crippen molar-refractivity contribution in [1.82, 2.24) is 10.2 Å². The van der Waals surface area contributed by atoms with Gasteiger partial charge in [0.15, 0.2) is 0 Å². The van der Waals surface area contributed by atoms with Gasteiger partial charge in [0.1, 0.15) is 0 Å². The topological polar surface area (TPSA) is 72.8 Å². The van der Waals surface area contributed by atoms with Crippen LogP contribution in [0.25, 0.3) is 0 Å². The second-order valence-electron chi connectivity index (χ2n) is 5.89. The molecule has 126 valence electrons. The Kier molecular flexibility index (Phi) is 9.04. The molecule has 0 saturated carbocycles. The normalized spacial score (nSPS) is 24.5. The number of β-amino-alcohol motifs (C(OH)–C–C–N with tert-alkyl or cyclic N) is 1. The highest BCUT2D eigenvalue weighted by molar-refractivity contribution is 5.72. The number of hydrogen-bond donors (Lipinski definition) is 3. The van der Waals surface area contributed by atoms with Gasteiger partial charge in [0, 0.05) is 26.6 Å². The summed E-state index contributed by atoms with van der Waals surface area (Å²) in [6.07, 6.45) is 11.8. The fourth-order valence-electron chi connectivity index (χ4n) is 2.76. The van der Waals surface area contributed by atoms with Crippen molar-refractivity contribution >= 4 is 5.91 Å². The van der Waals surface area contributed by atoms with Gasteiger partial charge in [0.2, 0.25) is 5.91 Å². The maximum atomic E-state index is 9.70. The van der Waals surface area contributed by atoms with Gasteiger partial charge in [-0.3, -0.25) is 9.69 Å². The zero-order chi connectivity index (χ0) is 16.4. The van der Waals surface area contributed by atoms with Gasteiger partial charge in [0.25, 0.3) is 0 Å². The van der Waals surface area contributed by atoms with Crippen LogP contribution in [0.1, 0.15) is 39.0 Å². The average Bonchev–Trinajstić information content (AvgIpc) is 2.89. The quantitative estimate of drug-likeness (QED) is 0.714. The predicted molar refractivity (Wildman–Crippen MR) is 88.5 cm³/mol. The molecular formula is C17H30N2O3. The number of carbonyl (C=O) groups excluding carboxylic acids is 1. The number of aliphatic hydroxyl groups excluding tert-OH is 2. The predicted octanol–water partition coefficient (Wildman–Crippen LogP) is 1.22. The summed E-state index contributed by atoms with van der Waals surface area (Å²) < 4.78 is 0. The van der Waals surface area contributed by atoms with Crippen molar-refractivity contribution in [2.45, 2.75) is 51.2 Å². The molecule has 0 aromatic carbocycles. The summed E-state index contributed by atoms with van der Waals surface area (Å²) in [4.78, 5) is 11.9. The third kappa shape index (κ3) is 7.20. The largest absolute Gasteiger partial charge is 0.395 e. The van der Waals surface area contributed by atoms with E-state index in [4.69, 9.17) is 0 Å². The second-order valence-corrected chi connectivity index (χ2v) is 5.89. The van der Waals surface area contributed by atoms with Crippen LogP contribution in [0, 0.1) is 0 Å². The van der Waals surface area contributed by atoms with E-state index in [0.717, 1.165) is 32.4 Å². The molecule has 1 aliphatic heterocycles. The number of nitrogens with zero attached hydrogens (tertiary/aromatic N) is 1. The Morgan fingerprint density at radius 2 is 2.18 bits per heavy atom. The molecule has 5 heteroatoms. The number of amides is 1. The van der Waals surface area contributed by atoms with Gasteiger partial charge in [-0.1, -0.05) is 23.8 Å². The number of nitrogens with one attached hydrogen (secondary N) is 1. The molecular weight excluding hydrogens is 280 g/mol. The van der Waals surface area contributed by atoms with E-state index in [1.807, 2.05) is 0 Å². The molecule has 0 spiro atoms. The smallest absolute Gasteiger partial charge is 0.216 e. The molecule has 1 amide bonds. The maximum Gasteiger partial charge on any atom is 0.216 e. The van der Waals surface area contributed by atoms with Crippen LogP contribution in [-0.2, 0) is 4.79 Å². The Hall–Kier alpha value is -1.17. The zero-order valence-corrected chi connectivity index (χ0v) is 13.8. The summed E-state index contributed by atoms with van der Waals surface area (Å²) in [6.45, 7) is 3.34. The summed E-state index contributed by atoms with van der Waals surface area (Å²) in [5.41, 5.74) is 1.44. The van der Waals surface area contributed by atoms with Gasteiger partial charge < -0.3 is 15.5 Å². The first kappa shape index (κ1) is 18.9. The van der Waals surface area contributed by atoms with Crippen molar-refractivity contribution < 1.29 is 15.0 Å². The molecule has 5 nitrogen and oxygen atoms in total. The van der Waals surface area contributed by atoms with Gasteiger partial charge in [-0.25, -0.2) is 0 Å². The molecule has 1 heterocycles. The fourth-order valence-corrected chi connectivity index (χ4v) is 2.76. The molecule has 2 unspecified atom stereocenters. The van der Waals surface area contributed by atoms with Crippen LogP contribution < -0.4 is 5.32 Å². The Bertz CT molecular complexity index is 393. The van der Waals surface area contributed by atoms with E-state index in [0.29, 0.717) is 0 Å². The van der Waals surface area contributed by atoms with E-state index in [-0.39, 0.29) is 24.7 Å². The van der Waals surface area contributed by atoms with Gasteiger partial charge in [0.05, 0.1) is 12.7 Å². The van der Waals surface area contributed by atoms with Crippen molar-refractivity contribution in [3.63, 3.8) is 0 Å². The molecule has 1 fully saturated rings. The van der Waals surface area contributed by atoms with E-state index in [1.165, 1.54) is 25.3 Å². The monoisotopic (exact) mass is 310 g/mol. The number of likely N-dealkylation sites (tertiary alicyclic amines) is 1. The van der Waals surface area contributed by atoms with Crippen molar-refractivity contribution in [3.8, 4) is 0 Å². The third-order valence-electron chi connectivity index (χ3n) is 4.05. The van der Waals surface area contributed by atoms with Crippen LogP contribution >= 0.6 is 0 Å². The molecule has 2 atom stereocenters. The van der Waals surface area contributed by atoms with E-state index in [1.54, 1.807) is 7.05 Å². The van der Waals surface area contributed by atoms with E-state index >= 15 is 0 Å². The summed E-state index contributed by atoms with van der Waals surface area (Å²) in [5.74, 6) is 0.00463. The Labute approximate surface area is 133 Å². The SMILES string of the molecule is CNC(C)=O.OCC1CC(O)CN1CCCC1=CCCC=C1. The second kappa shape index (κ2) is 10.5. The molecule has 1 aliphatic carbocycles. The number of aliphatic hydroxyl groups is 2. The van der Waals surface area contributed by atoms with E-state index < -0.39 is 0 Å². The minimum Gasteiger partial charge on any atom is -0.395 e. The maximum absolute atomic E-state index is 9.70. The Morgan fingerprint density at radius 1 is 1.45 bits per heavy atom. The molecule has 0 aromatic heterocycles. The number of allylic oxidation sites excluding steroid dienone is 4. The van der Waals surface area contributed by atoms with Crippen molar-refractivity contribution in [3.05, 3.63) is 23.8 Å². The summed E-state index contributed by atoms with van der Waals surface area (Å²) in [5, 5.41) is 21.2. The first-order valence-electron chi connectivity index (χ1n) is 8.13. The molecule has 0 radical (unpaired) electrons. The van der Waals surface area contributed by atoms with E-state index in [2.05, 4.69) is 28.4 Å². The summed E-state index contributed by atoms with van der Waals surface area (Å²) in [7, 11) is 1.60. The highest BCUT2D eigenvalue weighted by atomic mass is 16.3. The number of hydrogen-bond acceptors (Lipinski definition) is 4. The molecule has 0 bridgehead atoms. The third-order valence-corrected chi connectivity index (χ3v) is 4.05. The van der Waals surface area contributed by atoms with Gasteiger partial charge in [-0.05, 0) is 38.6 Å². The van der Waals surface area contributed by atoms with Crippen LogP contribution in [0.2, 0.25) is 0 Å². The van der Waals surface area contributed by atoms with Crippen LogP contribution in [0.4, 0.5) is 0 Å². The molecule has 1 saturated heterocycles. The zero-order valence-electron chi connectivity index (χ0n) is 13.8. The van der Waals surface area contributed by atoms with Crippen molar-refractivity contribution in [2.75, 3.05) is 26.7 Å². The van der Waals surface area contributed by atoms with Crippen LogP contribution in [0.15, 0.2) is 23.8 Å². The highest BCUT2D eigenvalue weighted by Gasteiger charge is 2.29. The van der Waals surface area contributed by atoms with Crippen molar-refractivity contribution in [1.29, 1.82) is 0 Å². The molecule has 2 rings (SSSR count). The molecule has 2 aliphatic rings. The van der Waals surface area contributed by atoms with Crippen LogP contribution in [0.3, 0.4) is 0 Å². The standard InChI is InChI=1S/C14H23NO2.C3H7NO/c16-11-13-9-14(17)10-15(13)8-4-7-12-5-2-1-3-6-12;1-3(5)4-2/h2,5-6,13-14,16-17H,1,3-4,7-11H2;1-2H3,(H,4,5). The molecule has 3 N–H and O–H groups in total. The minimum atomic E-state index is -0.249. The van der Waals surface area contributed by atoms with Gasteiger partial charge in [-0.2, -0.15) is 0 Å². The van der Waals surface area contributed by atoms with Gasteiger partial charge in [-0.15, -0.1) is 0 Å². The Balaban J connectivity index is 0.000000422. The van der Waals surface area contributed by atoms with Gasteiger partial charge >= 0.3 is 0 Å². The van der Waals surface area contributed by atoms with Crippen molar-refractivity contribution in [2.24, 2.45) is 0 Å². The average molecular weight is 310 g/mol. The highest BCUT2D eigenvalue weighted by Crippen LogP contribution is 2.20. The first-order valence-corrected chi connectivity index (χ1v) is 8.13. The minimum absolute atomic E-state index is 0.00463. The summed E-state index contributed by atoms with van der Waals surface area (Å²) in [6, 6.07) is 0.167. The molecule has 0 aromatic rings. The van der Waals surface area contributed by atoms with E-state index in [9.17, 15) is 15.0 Å². The lowest BCUT2D eigenvalue weighted by atomic mass is 10.0. The lowest BCUT2D eigenvalue weighted by Gasteiger charge is -2.22.